The number of carbonyl (C=O) groups is 2. The van der Waals surface area contributed by atoms with E-state index in [0.717, 1.165) is 5.69 Å². The number of aromatic nitrogens is 2. The monoisotopic (exact) mass is 265 g/mol. The van der Waals surface area contributed by atoms with Crippen molar-refractivity contribution in [2.24, 2.45) is 24.8 Å². The van der Waals surface area contributed by atoms with E-state index in [9.17, 15) is 9.59 Å². The highest BCUT2D eigenvalue weighted by Gasteiger charge is 2.41. The summed E-state index contributed by atoms with van der Waals surface area (Å²) in [5.74, 6) is -1.72. The van der Waals surface area contributed by atoms with Gasteiger partial charge in [-0.15, -0.1) is 0 Å². The summed E-state index contributed by atoms with van der Waals surface area (Å²) in [4.78, 5) is 23.3. The molecule has 19 heavy (non-hydrogen) atoms. The third-order valence-corrected chi connectivity index (χ3v) is 3.82. The van der Waals surface area contributed by atoms with Gasteiger partial charge in [0, 0.05) is 13.2 Å². The Kier molecular flexibility index (Phi) is 3.87. The van der Waals surface area contributed by atoms with Gasteiger partial charge in [-0.3, -0.25) is 14.3 Å². The first-order valence-corrected chi connectivity index (χ1v) is 6.46. The van der Waals surface area contributed by atoms with Crippen molar-refractivity contribution in [2.75, 3.05) is 0 Å². The molecule has 0 aromatic carbocycles. The molecule has 3 atom stereocenters. The molecule has 1 heterocycles. The number of rotatable bonds is 4. The molecule has 1 unspecified atom stereocenters. The minimum absolute atomic E-state index is 0.169. The Morgan fingerprint density at radius 3 is 2.74 bits per heavy atom. The van der Waals surface area contributed by atoms with E-state index in [1.54, 1.807) is 17.9 Å². The van der Waals surface area contributed by atoms with Gasteiger partial charge in [-0.1, -0.05) is 6.92 Å². The molecule has 6 nitrogen and oxygen atoms in total. The van der Waals surface area contributed by atoms with Gasteiger partial charge in [-0.25, -0.2) is 0 Å². The van der Waals surface area contributed by atoms with Crippen LogP contribution in [-0.2, 0) is 23.2 Å². The number of hydrogen-bond acceptors (Lipinski definition) is 3. The maximum absolute atomic E-state index is 12.1. The first-order chi connectivity index (χ1) is 8.99. The SMILES string of the molecule is CC1C[C@H](C(=O)NCc2ccnn2C)[C@H](C(=O)O)C1. The molecule has 1 fully saturated rings. The maximum atomic E-state index is 12.1. The Labute approximate surface area is 111 Å². The third-order valence-electron chi connectivity index (χ3n) is 3.82. The molecule has 0 aliphatic heterocycles. The van der Waals surface area contributed by atoms with Gasteiger partial charge in [-0.05, 0) is 24.8 Å². The predicted molar refractivity (Wildman–Crippen MR) is 68.1 cm³/mol. The predicted octanol–water partition coefficient (Wildman–Crippen LogP) is 0.783. The van der Waals surface area contributed by atoms with Gasteiger partial charge in [0.25, 0.3) is 0 Å². The van der Waals surface area contributed by atoms with Gasteiger partial charge < -0.3 is 10.4 Å². The van der Waals surface area contributed by atoms with Crippen LogP contribution in [-0.4, -0.2) is 26.8 Å². The molecule has 0 radical (unpaired) electrons. The number of aliphatic carboxylic acids is 1. The summed E-state index contributed by atoms with van der Waals surface area (Å²) in [6, 6.07) is 1.83. The molecule has 1 aromatic heterocycles. The van der Waals surface area contributed by atoms with Gasteiger partial charge in [-0.2, -0.15) is 5.10 Å². The Bertz CT molecular complexity index is 483. The average molecular weight is 265 g/mol. The van der Waals surface area contributed by atoms with Crippen molar-refractivity contribution >= 4 is 11.9 Å². The molecular formula is C13H19N3O3. The lowest BCUT2D eigenvalue weighted by atomic mass is 9.95. The first kappa shape index (κ1) is 13.6. The van der Waals surface area contributed by atoms with Gasteiger partial charge in [0.15, 0.2) is 0 Å². The fraction of sp³-hybridized carbons (Fsp3) is 0.615. The van der Waals surface area contributed by atoms with Crippen molar-refractivity contribution in [3.8, 4) is 0 Å². The second kappa shape index (κ2) is 5.42. The number of hydrogen-bond donors (Lipinski definition) is 2. The fourth-order valence-electron chi connectivity index (χ4n) is 2.74. The van der Waals surface area contributed by atoms with Crippen molar-refractivity contribution in [1.82, 2.24) is 15.1 Å². The van der Waals surface area contributed by atoms with E-state index in [2.05, 4.69) is 10.4 Å². The largest absolute Gasteiger partial charge is 0.481 e. The standard InChI is InChI=1S/C13H19N3O3/c1-8-5-10(11(6-8)13(18)19)12(17)14-7-9-3-4-15-16(9)2/h3-4,8,10-11H,5-7H2,1-2H3,(H,14,17)(H,18,19)/t8?,10-,11+/m0/s1. The van der Waals surface area contributed by atoms with Crippen LogP contribution in [0.15, 0.2) is 12.3 Å². The number of carbonyl (C=O) groups excluding carboxylic acids is 1. The van der Waals surface area contributed by atoms with E-state index in [-0.39, 0.29) is 11.8 Å². The van der Waals surface area contributed by atoms with Crippen LogP contribution >= 0.6 is 0 Å². The van der Waals surface area contributed by atoms with Crippen LogP contribution in [0.4, 0.5) is 0 Å². The van der Waals surface area contributed by atoms with Gasteiger partial charge in [0.2, 0.25) is 5.91 Å². The van der Waals surface area contributed by atoms with Crippen molar-refractivity contribution in [3.63, 3.8) is 0 Å². The molecule has 1 aromatic rings. The van der Waals surface area contributed by atoms with Crippen molar-refractivity contribution in [1.29, 1.82) is 0 Å². The smallest absolute Gasteiger partial charge is 0.307 e. The number of nitrogens with one attached hydrogen (secondary N) is 1. The first-order valence-electron chi connectivity index (χ1n) is 6.46. The summed E-state index contributed by atoms with van der Waals surface area (Å²) in [6.45, 7) is 2.37. The molecule has 104 valence electrons. The highest BCUT2D eigenvalue weighted by atomic mass is 16.4. The normalized spacial score (nSPS) is 26.3. The van der Waals surface area contributed by atoms with Crippen molar-refractivity contribution in [3.05, 3.63) is 18.0 Å². The minimum Gasteiger partial charge on any atom is -0.481 e. The second-order valence-corrected chi connectivity index (χ2v) is 5.29. The van der Waals surface area contributed by atoms with Gasteiger partial charge >= 0.3 is 5.97 Å². The highest BCUT2D eigenvalue weighted by Crippen LogP contribution is 2.36. The van der Waals surface area contributed by atoms with Crippen molar-refractivity contribution in [2.45, 2.75) is 26.3 Å². The molecule has 1 aliphatic carbocycles. The summed E-state index contributed by atoms with van der Waals surface area (Å²) in [5, 5.41) is 16.0. The maximum Gasteiger partial charge on any atom is 0.307 e. The zero-order chi connectivity index (χ0) is 14.0. The van der Waals surface area contributed by atoms with Crippen molar-refractivity contribution < 1.29 is 14.7 Å². The molecule has 1 aliphatic rings. The highest BCUT2D eigenvalue weighted by molar-refractivity contribution is 5.85. The van der Waals surface area contributed by atoms with E-state index in [0.29, 0.717) is 19.4 Å². The lowest BCUT2D eigenvalue weighted by Gasteiger charge is -2.15. The van der Waals surface area contributed by atoms with Crippen LogP contribution in [0.1, 0.15) is 25.5 Å². The van der Waals surface area contributed by atoms with Crippen LogP contribution in [0.25, 0.3) is 0 Å². The number of amides is 1. The number of aryl methyl sites for hydroxylation is 1. The zero-order valence-electron chi connectivity index (χ0n) is 11.2. The number of nitrogens with zero attached hydrogens (tertiary/aromatic N) is 2. The summed E-state index contributed by atoms with van der Waals surface area (Å²) >= 11 is 0. The zero-order valence-corrected chi connectivity index (χ0v) is 11.2. The molecule has 0 spiro atoms. The molecule has 2 N–H and O–H groups in total. The average Bonchev–Trinajstić information content (AvgIpc) is 2.92. The van der Waals surface area contributed by atoms with Gasteiger partial charge in [0.1, 0.15) is 0 Å². The summed E-state index contributed by atoms with van der Waals surface area (Å²) in [5.41, 5.74) is 0.895. The van der Waals surface area contributed by atoms with Crippen LogP contribution < -0.4 is 5.32 Å². The van der Waals surface area contributed by atoms with Gasteiger partial charge in [0.05, 0.1) is 24.1 Å². The van der Waals surface area contributed by atoms with E-state index < -0.39 is 17.8 Å². The molecule has 1 amide bonds. The summed E-state index contributed by atoms with van der Waals surface area (Å²) < 4.78 is 1.69. The third kappa shape index (κ3) is 2.94. The topological polar surface area (TPSA) is 84.2 Å². The molecule has 0 saturated heterocycles. The molecular weight excluding hydrogens is 246 g/mol. The minimum atomic E-state index is -0.870. The quantitative estimate of drug-likeness (QED) is 0.842. The lowest BCUT2D eigenvalue weighted by Crippen LogP contribution is -2.35. The van der Waals surface area contributed by atoms with Crippen LogP contribution in [0, 0.1) is 17.8 Å². The van der Waals surface area contributed by atoms with E-state index in [1.165, 1.54) is 0 Å². The molecule has 0 bridgehead atoms. The summed E-state index contributed by atoms with van der Waals surface area (Å²) in [6.07, 6.45) is 2.90. The molecule has 2 rings (SSSR count). The molecule has 6 heteroatoms. The van der Waals surface area contributed by atoms with E-state index in [1.807, 2.05) is 13.0 Å². The summed E-state index contributed by atoms with van der Waals surface area (Å²) in [7, 11) is 1.80. The Hall–Kier alpha value is -1.85. The van der Waals surface area contributed by atoms with Crippen LogP contribution in [0.5, 0.6) is 0 Å². The molecule has 1 saturated carbocycles. The van der Waals surface area contributed by atoms with E-state index >= 15 is 0 Å². The Morgan fingerprint density at radius 2 is 2.16 bits per heavy atom. The van der Waals surface area contributed by atoms with E-state index in [4.69, 9.17) is 5.11 Å². The van der Waals surface area contributed by atoms with Crippen LogP contribution in [0.2, 0.25) is 0 Å². The van der Waals surface area contributed by atoms with Crippen LogP contribution in [0.3, 0.4) is 0 Å². The number of carboxylic acid groups (broad SMARTS) is 1. The number of carboxylic acids is 1. The fourth-order valence-corrected chi connectivity index (χ4v) is 2.74. The second-order valence-electron chi connectivity index (χ2n) is 5.29. The Morgan fingerprint density at radius 1 is 1.47 bits per heavy atom. The Balaban J connectivity index is 1.96. The lowest BCUT2D eigenvalue weighted by molar-refractivity contribution is -0.146.